The van der Waals surface area contributed by atoms with Gasteiger partial charge in [0, 0.05) is 31.2 Å². The van der Waals surface area contributed by atoms with E-state index in [-0.39, 0.29) is 0 Å². The first-order valence-corrected chi connectivity index (χ1v) is 8.79. The molecule has 1 N–H and O–H groups in total. The van der Waals surface area contributed by atoms with Gasteiger partial charge in [-0.25, -0.2) is 0 Å². The molecule has 1 heterocycles. The quantitative estimate of drug-likeness (QED) is 0.814. The second-order valence-electron chi connectivity index (χ2n) is 6.65. The summed E-state index contributed by atoms with van der Waals surface area (Å²) in [6.07, 6.45) is 11.3. The van der Waals surface area contributed by atoms with Crippen LogP contribution < -0.4 is 5.32 Å². The van der Waals surface area contributed by atoms with E-state index >= 15 is 0 Å². The molecule has 2 atom stereocenters. The van der Waals surface area contributed by atoms with Crippen molar-refractivity contribution in [1.82, 2.24) is 10.2 Å². The lowest BCUT2D eigenvalue weighted by Crippen LogP contribution is -2.61. The van der Waals surface area contributed by atoms with Crippen molar-refractivity contribution in [1.29, 1.82) is 0 Å². The molecule has 0 radical (unpaired) electrons. The van der Waals surface area contributed by atoms with Crippen LogP contribution in [0.2, 0.25) is 0 Å². The van der Waals surface area contributed by atoms with Gasteiger partial charge in [0.1, 0.15) is 0 Å². The van der Waals surface area contributed by atoms with E-state index < -0.39 is 0 Å². The molecule has 0 aromatic rings. The van der Waals surface area contributed by atoms with Crippen LogP contribution in [0, 0.1) is 5.92 Å². The third kappa shape index (κ3) is 3.72. The monoisotopic (exact) mass is 266 g/mol. The standard InChI is InChI=1S/C17H34N2/c1-4-15-13-19(16(5-2)6-3)17(12-18-15)14-10-8-7-9-11-14/h14-18H,4-13H2,1-3H3. The first-order chi connectivity index (χ1) is 9.30. The molecule has 2 aliphatic rings. The van der Waals surface area contributed by atoms with E-state index in [1.165, 1.54) is 64.5 Å². The number of rotatable bonds is 5. The second-order valence-corrected chi connectivity index (χ2v) is 6.65. The Morgan fingerprint density at radius 2 is 1.74 bits per heavy atom. The first-order valence-electron chi connectivity index (χ1n) is 8.79. The summed E-state index contributed by atoms with van der Waals surface area (Å²) >= 11 is 0. The van der Waals surface area contributed by atoms with Gasteiger partial charge in [0.15, 0.2) is 0 Å². The van der Waals surface area contributed by atoms with Gasteiger partial charge in [0.25, 0.3) is 0 Å². The molecule has 2 unspecified atom stereocenters. The first kappa shape index (κ1) is 15.3. The van der Waals surface area contributed by atoms with Crippen LogP contribution in [0.5, 0.6) is 0 Å². The lowest BCUT2D eigenvalue weighted by molar-refractivity contribution is 0.0314. The normalized spacial score (nSPS) is 30.9. The van der Waals surface area contributed by atoms with Crippen molar-refractivity contribution in [3.05, 3.63) is 0 Å². The van der Waals surface area contributed by atoms with Gasteiger partial charge in [-0.15, -0.1) is 0 Å². The number of hydrogen-bond donors (Lipinski definition) is 1. The number of nitrogens with zero attached hydrogens (tertiary/aromatic N) is 1. The van der Waals surface area contributed by atoms with Crippen molar-refractivity contribution in [3.8, 4) is 0 Å². The molecule has 1 aliphatic carbocycles. The molecule has 0 bridgehead atoms. The van der Waals surface area contributed by atoms with E-state index in [2.05, 4.69) is 31.0 Å². The highest BCUT2D eigenvalue weighted by atomic mass is 15.3. The molecule has 2 fully saturated rings. The van der Waals surface area contributed by atoms with Crippen molar-refractivity contribution in [3.63, 3.8) is 0 Å². The molecule has 0 aromatic carbocycles. The van der Waals surface area contributed by atoms with Crippen molar-refractivity contribution < 1.29 is 0 Å². The SMILES string of the molecule is CCC1CN(C(CC)CC)C(C2CCCCC2)CN1. The van der Waals surface area contributed by atoms with Crippen LogP contribution in [0.4, 0.5) is 0 Å². The maximum Gasteiger partial charge on any atom is 0.0252 e. The van der Waals surface area contributed by atoms with Gasteiger partial charge in [-0.05, 0) is 38.0 Å². The minimum Gasteiger partial charge on any atom is -0.311 e. The fraction of sp³-hybridized carbons (Fsp3) is 1.00. The fourth-order valence-electron chi connectivity index (χ4n) is 4.27. The number of piperazine rings is 1. The van der Waals surface area contributed by atoms with Gasteiger partial charge in [-0.1, -0.05) is 40.0 Å². The van der Waals surface area contributed by atoms with Gasteiger partial charge in [0.2, 0.25) is 0 Å². The van der Waals surface area contributed by atoms with Crippen LogP contribution in [0.15, 0.2) is 0 Å². The van der Waals surface area contributed by atoms with Gasteiger partial charge in [-0.2, -0.15) is 0 Å². The summed E-state index contributed by atoms with van der Waals surface area (Å²) in [7, 11) is 0. The zero-order valence-corrected chi connectivity index (χ0v) is 13.3. The Morgan fingerprint density at radius 3 is 2.32 bits per heavy atom. The third-order valence-electron chi connectivity index (χ3n) is 5.57. The van der Waals surface area contributed by atoms with E-state index in [1.54, 1.807) is 0 Å². The van der Waals surface area contributed by atoms with Gasteiger partial charge in [-0.3, -0.25) is 4.90 Å². The summed E-state index contributed by atoms with van der Waals surface area (Å²) in [4.78, 5) is 2.89. The highest BCUT2D eigenvalue weighted by molar-refractivity contribution is 4.93. The molecular formula is C17H34N2. The Hall–Kier alpha value is -0.0800. The van der Waals surface area contributed by atoms with Crippen molar-refractivity contribution in [2.75, 3.05) is 13.1 Å². The fourth-order valence-corrected chi connectivity index (χ4v) is 4.27. The summed E-state index contributed by atoms with van der Waals surface area (Å²) in [5.41, 5.74) is 0. The maximum absolute atomic E-state index is 3.81. The predicted octanol–water partition coefficient (Wildman–Crippen LogP) is 3.81. The third-order valence-corrected chi connectivity index (χ3v) is 5.57. The van der Waals surface area contributed by atoms with E-state index in [1.807, 2.05) is 0 Å². The highest BCUT2D eigenvalue weighted by Crippen LogP contribution is 2.32. The van der Waals surface area contributed by atoms with Crippen LogP contribution in [0.1, 0.15) is 72.1 Å². The topological polar surface area (TPSA) is 15.3 Å². The van der Waals surface area contributed by atoms with Gasteiger partial charge >= 0.3 is 0 Å². The molecule has 2 nitrogen and oxygen atoms in total. The minimum absolute atomic E-state index is 0.723. The van der Waals surface area contributed by atoms with E-state index in [0.717, 1.165) is 24.0 Å². The van der Waals surface area contributed by atoms with Gasteiger partial charge in [0.05, 0.1) is 0 Å². The molecule has 112 valence electrons. The molecule has 1 saturated heterocycles. The zero-order valence-electron chi connectivity index (χ0n) is 13.3. The molecule has 19 heavy (non-hydrogen) atoms. The molecule has 0 spiro atoms. The highest BCUT2D eigenvalue weighted by Gasteiger charge is 2.35. The summed E-state index contributed by atoms with van der Waals surface area (Å²) in [5.74, 6) is 0.958. The molecular weight excluding hydrogens is 232 g/mol. The smallest absolute Gasteiger partial charge is 0.0252 e. The Morgan fingerprint density at radius 1 is 1.05 bits per heavy atom. The lowest BCUT2D eigenvalue weighted by atomic mass is 9.81. The Bertz CT molecular complexity index is 244. The summed E-state index contributed by atoms with van der Waals surface area (Å²) in [5, 5.41) is 3.81. The Balaban J connectivity index is 2.04. The summed E-state index contributed by atoms with van der Waals surface area (Å²) in [6, 6.07) is 2.34. The van der Waals surface area contributed by atoms with Crippen LogP contribution in [-0.2, 0) is 0 Å². The predicted molar refractivity (Wildman–Crippen MR) is 83.5 cm³/mol. The maximum atomic E-state index is 3.81. The molecule has 2 heteroatoms. The second kappa shape index (κ2) is 7.64. The molecule has 0 aromatic heterocycles. The number of hydrogen-bond acceptors (Lipinski definition) is 2. The average molecular weight is 266 g/mol. The Kier molecular flexibility index (Phi) is 6.15. The van der Waals surface area contributed by atoms with Crippen LogP contribution in [0.25, 0.3) is 0 Å². The van der Waals surface area contributed by atoms with Crippen molar-refractivity contribution >= 4 is 0 Å². The summed E-state index contributed by atoms with van der Waals surface area (Å²) in [6.45, 7) is 9.58. The van der Waals surface area contributed by atoms with E-state index in [4.69, 9.17) is 0 Å². The minimum atomic E-state index is 0.723. The molecule has 1 saturated carbocycles. The van der Waals surface area contributed by atoms with Crippen LogP contribution in [-0.4, -0.2) is 36.1 Å². The largest absolute Gasteiger partial charge is 0.311 e. The average Bonchev–Trinajstić information content (AvgIpc) is 2.49. The number of nitrogens with one attached hydrogen (secondary N) is 1. The lowest BCUT2D eigenvalue weighted by Gasteiger charge is -2.48. The molecule has 2 rings (SSSR count). The van der Waals surface area contributed by atoms with E-state index in [0.29, 0.717) is 0 Å². The summed E-state index contributed by atoms with van der Waals surface area (Å²) < 4.78 is 0. The van der Waals surface area contributed by atoms with Gasteiger partial charge < -0.3 is 5.32 Å². The molecule has 0 amide bonds. The van der Waals surface area contributed by atoms with Crippen molar-refractivity contribution in [2.24, 2.45) is 5.92 Å². The zero-order chi connectivity index (χ0) is 13.7. The van der Waals surface area contributed by atoms with Crippen LogP contribution >= 0.6 is 0 Å². The van der Waals surface area contributed by atoms with Crippen LogP contribution in [0.3, 0.4) is 0 Å². The van der Waals surface area contributed by atoms with E-state index in [9.17, 15) is 0 Å². The molecule has 1 aliphatic heterocycles. The van der Waals surface area contributed by atoms with Crippen molar-refractivity contribution in [2.45, 2.75) is 90.3 Å². The Labute approximate surface area is 120 Å².